The molecule has 1 saturated heterocycles. The summed E-state index contributed by atoms with van der Waals surface area (Å²) >= 11 is 0. The molecule has 1 fully saturated rings. The molecule has 0 radical (unpaired) electrons. The summed E-state index contributed by atoms with van der Waals surface area (Å²) in [5, 5.41) is 10.0. The molecule has 1 aromatic heterocycles. The maximum Gasteiger partial charge on any atom is 0.169 e. The number of aromatic hydroxyl groups is 1. The SMILES string of the molecule is Oc1cccc(-c2cncnc2)c1OC1CCOC1. The van der Waals surface area contributed by atoms with Crippen LogP contribution in [0.2, 0.25) is 0 Å². The first-order valence-corrected chi connectivity index (χ1v) is 6.16. The molecule has 2 heterocycles. The quantitative estimate of drug-likeness (QED) is 0.912. The van der Waals surface area contributed by atoms with Gasteiger partial charge in [-0.2, -0.15) is 0 Å². The molecule has 0 bridgehead atoms. The molecule has 0 amide bonds. The third-order valence-electron chi connectivity index (χ3n) is 3.04. The molecule has 2 aromatic rings. The molecule has 19 heavy (non-hydrogen) atoms. The Morgan fingerprint density at radius 2 is 2.11 bits per heavy atom. The predicted molar refractivity (Wildman–Crippen MR) is 69.0 cm³/mol. The minimum absolute atomic E-state index is 0.0170. The maximum atomic E-state index is 10.0. The van der Waals surface area contributed by atoms with E-state index in [1.807, 2.05) is 6.07 Å². The van der Waals surface area contributed by atoms with E-state index in [9.17, 15) is 5.11 Å². The van der Waals surface area contributed by atoms with Crippen LogP contribution in [-0.4, -0.2) is 34.4 Å². The number of hydrogen-bond donors (Lipinski definition) is 1. The molecule has 1 aliphatic rings. The van der Waals surface area contributed by atoms with Crippen molar-refractivity contribution in [3.63, 3.8) is 0 Å². The molecular formula is C14H14N2O3. The van der Waals surface area contributed by atoms with E-state index < -0.39 is 0 Å². The summed E-state index contributed by atoms with van der Waals surface area (Å²) in [6.45, 7) is 1.25. The lowest BCUT2D eigenvalue weighted by Gasteiger charge is -2.16. The zero-order valence-electron chi connectivity index (χ0n) is 10.3. The second-order valence-electron chi connectivity index (χ2n) is 4.38. The first kappa shape index (κ1) is 11.9. The molecule has 5 nitrogen and oxygen atoms in total. The van der Waals surface area contributed by atoms with Gasteiger partial charge in [0.15, 0.2) is 11.5 Å². The zero-order chi connectivity index (χ0) is 13.1. The van der Waals surface area contributed by atoms with Crippen molar-refractivity contribution in [1.29, 1.82) is 0 Å². The monoisotopic (exact) mass is 258 g/mol. The molecular weight excluding hydrogens is 244 g/mol. The normalized spacial score (nSPS) is 18.4. The molecule has 1 N–H and O–H groups in total. The lowest BCUT2D eigenvalue weighted by Crippen LogP contribution is -2.16. The van der Waals surface area contributed by atoms with Gasteiger partial charge in [0, 0.05) is 29.9 Å². The van der Waals surface area contributed by atoms with Gasteiger partial charge in [0.2, 0.25) is 0 Å². The van der Waals surface area contributed by atoms with Gasteiger partial charge in [-0.25, -0.2) is 9.97 Å². The Hall–Kier alpha value is -2.14. The van der Waals surface area contributed by atoms with Gasteiger partial charge in [-0.05, 0) is 6.07 Å². The van der Waals surface area contributed by atoms with Gasteiger partial charge in [-0.15, -0.1) is 0 Å². The van der Waals surface area contributed by atoms with Crippen LogP contribution in [-0.2, 0) is 4.74 Å². The van der Waals surface area contributed by atoms with Crippen molar-refractivity contribution in [2.45, 2.75) is 12.5 Å². The van der Waals surface area contributed by atoms with E-state index >= 15 is 0 Å². The number of rotatable bonds is 3. The lowest BCUT2D eigenvalue weighted by molar-refractivity contribution is 0.139. The Morgan fingerprint density at radius 3 is 2.84 bits per heavy atom. The van der Waals surface area contributed by atoms with E-state index in [-0.39, 0.29) is 11.9 Å². The van der Waals surface area contributed by atoms with E-state index in [2.05, 4.69) is 9.97 Å². The van der Waals surface area contributed by atoms with Crippen molar-refractivity contribution in [1.82, 2.24) is 9.97 Å². The number of phenolic OH excluding ortho intramolecular Hbond substituents is 1. The fourth-order valence-electron chi connectivity index (χ4n) is 2.09. The highest BCUT2D eigenvalue weighted by molar-refractivity contribution is 5.72. The molecule has 0 spiro atoms. The predicted octanol–water partition coefficient (Wildman–Crippen LogP) is 2.02. The Labute approximate surface area is 110 Å². The van der Waals surface area contributed by atoms with Crippen molar-refractivity contribution < 1.29 is 14.6 Å². The van der Waals surface area contributed by atoms with E-state index in [1.54, 1.807) is 24.5 Å². The number of aromatic nitrogens is 2. The van der Waals surface area contributed by atoms with E-state index in [0.29, 0.717) is 19.0 Å². The van der Waals surface area contributed by atoms with Crippen molar-refractivity contribution in [2.75, 3.05) is 13.2 Å². The van der Waals surface area contributed by atoms with Crippen molar-refractivity contribution in [3.05, 3.63) is 36.9 Å². The first-order chi connectivity index (χ1) is 9.34. The third kappa shape index (κ3) is 2.51. The van der Waals surface area contributed by atoms with E-state index in [1.165, 1.54) is 6.33 Å². The van der Waals surface area contributed by atoms with Gasteiger partial charge in [-0.1, -0.05) is 12.1 Å². The van der Waals surface area contributed by atoms with Crippen LogP contribution >= 0.6 is 0 Å². The summed E-state index contributed by atoms with van der Waals surface area (Å²) < 4.78 is 11.1. The average molecular weight is 258 g/mol. The van der Waals surface area contributed by atoms with Gasteiger partial charge >= 0.3 is 0 Å². The van der Waals surface area contributed by atoms with Gasteiger partial charge in [0.1, 0.15) is 12.4 Å². The van der Waals surface area contributed by atoms with Gasteiger partial charge in [0.25, 0.3) is 0 Å². The second kappa shape index (κ2) is 5.24. The van der Waals surface area contributed by atoms with Crippen LogP contribution in [0.25, 0.3) is 11.1 Å². The number of para-hydroxylation sites is 1. The highest BCUT2D eigenvalue weighted by Gasteiger charge is 2.21. The largest absolute Gasteiger partial charge is 0.504 e. The summed E-state index contributed by atoms with van der Waals surface area (Å²) in [5.74, 6) is 0.584. The number of benzene rings is 1. The van der Waals surface area contributed by atoms with Crippen LogP contribution in [0.15, 0.2) is 36.9 Å². The fraction of sp³-hybridized carbons (Fsp3) is 0.286. The van der Waals surface area contributed by atoms with Crippen molar-refractivity contribution >= 4 is 0 Å². The Balaban J connectivity index is 1.97. The molecule has 1 unspecified atom stereocenters. The second-order valence-corrected chi connectivity index (χ2v) is 4.38. The highest BCUT2D eigenvalue weighted by Crippen LogP contribution is 2.38. The topological polar surface area (TPSA) is 64.5 Å². The summed E-state index contributed by atoms with van der Waals surface area (Å²) in [4.78, 5) is 7.98. The lowest BCUT2D eigenvalue weighted by atomic mass is 10.1. The van der Waals surface area contributed by atoms with Gasteiger partial charge in [-0.3, -0.25) is 0 Å². The Morgan fingerprint density at radius 1 is 1.26 bits per heavy atom. The van der Waals surface area contributed by atoms with Crippen LogP contribution in [0, 0.1) is 0 Å². The van der Waals surface area contributed by atoms with Crippen LogP contribution < -0.4 is 4.74 Å². The smallest absolute Gasteiger partial charge is 0.169 e. The molecule has 5 heteroatoms. The minimum Gasteiger partial charge on any atom is -0.504 e. The number of hydrogen-bond acceptors (Lipinski definition) is 5. The number of nitrogens with zero attached hydrogens (tertiary/aromatic N) is 2. The summed E-state index contributed by atoms with van der Waals surface area (Å²) in [6, 6.07) is 5.26. The van der Waals surface area contributed by atoms with Crippen LogP contribution in [0.1, 0.15) is 6.42 Å². The highest BCUT2D eigenvalue weighted by atomic mass is 16.5. The number of phenols is 1. The third-order valence-corrected chi connectivity index (χ3v) is 3.04. The van der Waals surface area contributed by atoms with Crippen LogP contribution in [0.3, 0.4) is 0 Å². The molecule has 1 atom stereocenters. The van der Waals surface area contributed by atoms with Gasteiger partial charge < -0.3 is 14.6 Å². The maximum absolute atomic E-state index is 10.0. The minimum atomic E-state index is -0.0170. The van der Waals surface area contributed by atoms with E-state index in [0.717, 1.165) is 17.5 Å². The van der Waals surface area contributed by atoms with Crippen molar-refractivity contribution in [3.8, 4) is 22.6 Å². The molecule has 98 valence electrons. The molecule has 1 aliphatic heterocycles. The van der Waals surface area contributed by atoms with Gasteiger partial charge in [0.05, 0.1) is 13.2 Å². The summed E-state index contributed by atoms with van der Waals surface area (Å²) in [6.07, 6.45) is 5.67. The molecule has 1 aromatic carbocycles. The van der Waals surface area contributed by atoms with Crippen molar-refractivity contribution in [2.24, 2.45) is 0 Å². The van der Waals surface area contributed by atoms with E-state index in [4.69, 9.17) is 9.47 Å². The van der Waals surface area contributed by atoms with Crippen LogP contribution in [0.4, 0.5) is 0 Å². The molecule has 0 saturated carbocycles. The van der Waals surface area contributed by atoms with Crippen LogP contribution in [0.5, 0.6) is 11.5 Å². The Kier molecular flexibility index (Phi) is 3.29. The number of ether oxygens (including phenoxy) is 2. The zero-order valence-corrected chi connectivity index (χ0v) is 10.3. The molecule has 0 aliphatic carbocycles. The fourth-order valence-corrected chi connectivity index (χ4v) is 2.09. The molecule has 3 rings (SSSR count). The Bertz CT molecular complexity index is 554. The average Bonchev–Trinajstić information content (AvgIpc) is 2.95. The first-order valence-electron chi connectivity index (χ1n) is 6.16. The summed E-state index contributed by atoms with van der Waals surface area (Å²) in [5.41, 5.74) is 1.60. The summed E-state index contributed by atoms with van der Waals surface area (Å²) in [7, 11) is 0. The standard InChI is InChI=1S/C14H14N2O3/c17-13-3-1-2-12(10-6-15-9-16-7-10)14(13)19-11-4-5-18-8-11/h1-3,6-7,9,11,17H,4-5,8H2.